The molecule has 2 aromatic heterocycles. The van der Waals surface area contributed by atoms with Crippen LogP contribution in [0.25, 0.3) is 11.4 Å². The SMILES string of the molecule is Cc1c(C(=O)NCC(C)(C)O)cn(-c2cc(C(C)(C)C)cc(C3(CC4CC(NC(=O)c5cn(-c6cc(C(C)(C)C)cc(C7(C)CC7)c6)c(CC6CCCCC6)c5C)CCO4)CC3)c2)c1CC1CCCCC1. The highest BCUT2D eigenvalue weighted by Gasteiger charge is 2.47. The van der Waals surface area contributed by atoms with Crippen molar-refractivity contribution in [1.29, 1.82) is 0 Å². The van der Waals surface area contributed by atoms with Crippen molar-refractivity contribution in [2.45, 2.75) is 238 Å². The van der Waals surface area contributed by atoms with Crippen LogP contribution in [-0.4, -0.2) is 57.0 Å². The summed E-state index contributed by atoms with van der Waals surface area (Å²) in [5.74, 6) is 1.16. The van der Waals surface area contributed by atoms with E-state index in [1.54, 1.807) is 13.8 Å². The van der Waals surface area contributed by atoms with Crippen LogP contribution in [0.3, 0.4) is 0 Å². The van der Waals surface area contributed by atoms with Crippen LogP contribution in [0.4, 0.5) is 0 Å². The summed E-state index contributed by atoms with van der Waals surface area (Å²) in [5.41, 5.74) is 13.1. The number of benzene rings is 2. The lowest BCUT2D eigenvalue weighted by molar-refractivity contribution is -0.00768. The first-order valence-electron chi connectivity index (χ1n) is 28.2. The van der Waals surface area contributed by atoms with Crippen LogP contribution in [0.2, 0.25) is 0 Å². The number of nitrogens with one attached hydrogen (secondary N) is 2. The fourth-order valence-corrected chi connectivity index (χ4v) is 12.5. The molecule has 4 aromatic rings. The third-order valence-corrected chi connectivity index (χ3v) is 18.0. The number of carbonyl (C=O) groups excluding carboxylic acids is 2. The zero-order valence-electron chi connectivity index (χ0n) is 45.8. The number of nitrogens with zero attached hydrogens (tertiary/aromatic N) is 2. The lowest BCUT2D eigenvalue weighted by Crippen LogP contribution is -2.43. The Bertz CT molecular complexity index is 2550. The number of amides is 2. The maximum atomic E-state index is 14.7. The standard InChI is InChI=1S/C63H90N4O4/c1-41-53(57(68)64-40-61(9,10)70)38-66(55(41)28-43-18-14-12-15-19-43)51-33-46(60(6,7)8)31-48(35-51)63(25-26-63)37-52-36-49(22-27-71-52)65-58(69)54-39-67(56(42(54)2)29-44-20-16-13-17-21-44)50-32-45(59(3,4)5)30-47(34-50)62(11)23-24-62/h30-35,38-39,43-44,49,52,70H,12-29,36-37,40H2,1-11H3,(H,64,68)(H,65,69). The molecule has 2 amide bonds. The van der Waals surface area contributed by atoms with E-state index in [4.69, 9.17) is 4.74 Å². The summed E-state index contributed by atoms with van der Waals surface area (Å²) in [6, 6.07) is 14.5. The molecule has 8 nitrogen and oxygen atoms in total. The molecule has 9 rings (SSSR count). The number of hydrogen-bond donors (Lipinski definition) is 3. The van der Waals surface area contributed by atoms with Crippen LogP contribution in [0.1, 0.15) is 237 Å². The van der Waals surface area contributed by atoms with Crippen LogP contribution in [0, 0.1) is 25.7 Å². The third-order valence-electron chi connectivity index (χ3n) is 18.0. The molecule has 1 aliphatic heterocycles. The molecule has 2 atom stereocenters. The van der Waals surface area contributed by atoms with Crippen molar-refractivity contribution in [3.63, 3.8) is 0 Å². The summed E-state index contributed by atoms with van der Waals surface area (Å²) >= 11 is 0. The van der Waals surface area contributed by atoms with E-state index in [0.717, 1.165) is 67.3 Å². The second-order valence-electron chi connectivity index (χ2n) is 26.7. The largest absolute Gasteiger partial charge is 0.389 e. The maximum Gasteiger partial charge on any atom is 0.253 e. The third kappa shape index (κ3) is 11.8. The first-order chi connectivity index (χ1) is 33.5. The average molecular weight is 967 g/mol. The molecule has 0 bridgehead atoms. The molecule has 0 spiro atoms. The van der Waals surface area contributed by atoms with E-state index < -0.39 is 5.60 Å². The highest BCUT2D eigenvalue weighted by molar-refractivity contribution is 5.97. The molecule has 5 aliphatic rings. The van der Waals surface area contributed by atoms with Crippen molar-refractivity contribution in [2.24, 2.45) is 11.8 Å². The number of carbonyl (C=O) groups is 2. The highest BCUT2D eigenvalue weighted by atomic mass is 16.5. The Morgan fingerprint density at radius 1 is 0.662 bits per heavy atom. The van der Waals surface area contributed by atoms with Gasteiger partial charge in [-0.25, -0.2) is 0 Å². The fourth-order valence-electron chi connectivity index (χ4n) is 12.5. The summed E-state index contributed by atoms with van der Waals surface area (Å²) in [6.45, 7) is 24.9. The molecule has 3 heterocycles. The van der Waals surface area contributed by atoms with Crippen LogP contribution >= 0.6 is 0 Å². The zero-order valence-corrected chi connectivity index (χ0v) is 45.8. The van der Waals surface area contributed by atoms with E-state index in [-0.39, 0.29) is 52.2 Å². The van der Waals surface area contributed by atoms with Gasteiger partial charge in [-0.2, -0.15) is 0 Å². The molecular formula is C63H90N4O4. The van der Waals surface area contributed by atoms with Gasteiger partial charge < -0.3 is 29.6 Å². The zero-order chi connectivity index (χ0) is 50.7. The van der Waals surface area contributed by atoms with E-state index in [1.165, 1.54) is 116 Å². The normalized spacial score (nSPS) is 21.8. The quantitative estimate of drug-likeness (QED) is 0.111. The van der Waals surface area contributed by atoms with Gasteiger partial charge in [0, 0.05) is 54.3 Å². The molecule has 4 aliphatic carbocycles. The molecule has 4 saturated carbocycles. The van der Waals surface area contributed by atoms with Gasteiger partial charge in [0.15, 0.2) is 0 Å². The van der Waals surface area contributed by atoms with Crippen LogP contribution < -0.4 is 10.6 Å². The summed E-state index contributed by atoms with van der Waals surface area (Å²) in [7, 11) is 0. The molecule has 386 valence electrons. The van der Waals surface area contributed by atoms with Crippen molar-refractivity contribution >= 4 is 11.8 Å². The molecule has 2 unspecified atom stereocenters. The molecule has 71 heavy (non-hydrogen) atoms. The number of hydrogen-bond acceptors (Lipinski definition) is 4. The predicted octanol–water partition coefficient (Wildman–Crippen LogP) is 13.7. The Kier molecular flexibility index (Phi) is 14.5. The summed E-state index contributed by atoms with van der Waals surface area (Å²) in [6.07, 6.45) is 26.2. The van der Waals surface area contributed by atoms with Crippen molar-refractivity contribution in [2.75, 3.05) is 13.2 Å². The number of ether oxygens (including phenoxy) is 1. The second-order valence-corrected chi connectivity index (χ2v) is 26.7. The number of rotatable bonds is 15. The minimum Gasteiger partial charge on any atom is -0.389 e. The molecule has 2 aromatic carbocycles. The van der Waals surface area contributed by atoms with Crippen molar-refractivity contribution in [1.82, 2.24) is 19.8 Å². The van der Waals surface area contributed by atoms with E-state index in [2.05, 4.69) is 131 Å². The summed E-state index contributed by atoms with van der Waals surface area (Å²) < 4.78 is 11.4. The fraction of sp³-hybridized carbons (Fsp3) is 0.651. The predicted molar refractivity (Wildman–Crippen MR) is 290 cm³/mol. The van der Waals surface area contributed by atoms with Gasteiger partial charge >= 0.3 is 0 Å². The molecule has 3 N–H and O–H groups in total. The van der Waals surface area contributed by atoms with Crippen LogP contribution in [0.5, 0.6) is 0 Å². The van der Waals surface area contributed by atoms with E-state index in [1.807, 2.05) is 0 Å². The van der Waals surface area contributed by atoms with Gasteiger partial charge in [0.25, 0.3) is 11.8 Å². The van der Waals surface area contributed by atoms with Crippen molar-refractivity contribution in [3.05, 3.63) is 105 Å². The van der Waals surface area contributed by atoms with Crippen molar-refractivity contribution in [3.8, 4) is 11.4 Å². The second kappa shape index (κ2) is 19.9. The van der Waals surface area contributed by atoms with Crippen molar-refractivity contribution < 1.29 is 19.4 Å². The lowest BCUT2D eigenvalue weighted by Gasteiger charge is -2.33. The Labute approximate surface area is 427 Å². The summed E-state index contributed by atoms with van der Waals surface area (Å²) in [4.78, 5) is 28.5. The van der Waals surface area contributed by atoms with Gasteiger partial charge in [-0.15, -0.1) is 0 Å². The van der Waals surface area contributed by atoms with E-state index >= 15 is 0 Å². The molecular weight excluding hydrogens is 877 g/mol. The minimum absolute atomic E-state index is 0.00890. The molecule has 0 radical (unpaired) electrons. The number of aromatic nitrogens is 2. The van der Waals surface area contributed by atoms with Gasteiger partial charge in [0.1, 0.15) is 0 Å². The van der Waals surface area contributed by atoms with Gasteiger partial charge in [0.2, 0.25) is 0 Å². The Morgan fingerprint density at radius 2 is 1.15 bits per heavy atom. The average Bonchev–Trinajstić information content (AvgIpc) is 4.23. The Hall–Kier alpha value is -4.14. The highest BCUT2D eigenvalue weighted by Crippen LogP contribution is 2.54. The van der Waals surface area contributed by atoms with Gasteiger partial charge in [-0.05, 0) is 177 Å². The van der Waals surface area contributed by atoms with E-state index in [0.29, 0.717) is 24.0 Å². The van der Waals surface area contributed by atoms with Gasteiger partial charge in [0.05, 0.1) is 22.8 Å². The lowest BCUT2D eigenvalue weighted by atomic mass is 9.81. The summed E-state index contributed by atoms with van der Waals surface area (Å²) in [5, 5.41) is 17.1. The smallest absolute Gasteiger partial charge is 0.253 e. The van der Waals surface area contributed by atoms with Crippen LogP contribution in [0.15, 0.2) is 48.8 Å². The molecule has 1 saturated heterocycles. The first-order valence-corrected chi connectivity index (χ1v) is 28.2. The topological polar surface area (TPSA) is 97.5 Å². The van der Waals surface area contributed by atoms with Gasteiger partial charge in [-0.1, -0.05) is 125 Å². The minimum atomic E-state index is -0.999. The van der Waals surface area contributed by atoms with Crippen LogP contribution in [-0.2, 0) is 39.2 Å². The monoisotopic (exact) mass is 967 g/mol. The first kappa shape index (κ1) is 51.7. The molecule has 8 heteroatoms. The number of aliphatic hydroxyl groups is 1. The Morgan fingerprint density at radius 3 is 1.63 bits per heavy atom. The maximum absolute atomic E-state index is 14.7. The van der Waals surface area contributed by atoms with Gasteiger partial charge in [-0.3, -0.25) is 9.59 Å². The molecule has 5 fully saturated rings. The Balaban J connectivity index is 0.976. The van der Waals surface area contributed by atoms with E-state index in [9.17, 15) is 14.7 Å².